The molecule has 2 nitrogen and oxygen atoms in total. The number of aromatic nitrogens is 2. The smallest absolute Gasteiger partial charge is 0.0851 e. The maximum Gasteiger partial charge on any atom is 0.0851 e. The molecule has 0 aromatic carbocycles. The summed E-state index contributed by atoms with van der Waals surface area (Å²) in [5.41, 5.74) is 4.65. The minimum absolute atomic E-state index is 0.608. The number of rotatable bonds is 1. The molecular weight excluding hydrogens is 160 g/mol. The monoisotopic (exact) mass is 174 g/mol. The Bertz CT molecular complexity index is 364. The van der Waals surface area contributed by atoms with Crippen LogP contribution in [0.25, 0.3) is 6.08 Å². The number of nitrogens with zero attached hydrogens (tertiary/aromatic N) is 2. The third kappa shape index (κ3) is 1.48. The summed E-state index contributed by atoms with van der Waals surface area (Å²) < 4.78 is 0. The lowest BCUT2D eigenvalue weighted by Gasteiger charge is -2.03. The molecule has 1 aliphatic rings. The van der Waals surface area contributed by atoms with Crippen molar-refractivity contribution >= 4 is 6.08 Å². The van der Waals surface area contributed by atoms with E-state index in [1.807, 2.05) is 13.1 Å². The highest BCUT2D eigenvalue weighted by Crippen LogP contribution is 2.26. The molecule has 13 heavy (non-hydrogen) atoms. The van der Waals surface area contributed by atoms with Gasteiger partial charge in [0.2, 0.25) is 0 Å². The first-order valence-electron chi connectivity index (χ1n) is 4.70. The van der Waals surface area contributed by atoms with E-state index in [4.69, 9.17) is 0 Å². The van der Waals surface area contributed by atoms with Crippen LogP contribution in [0.4, 0.5) is 0 Å². The maximum atomic E-state index is 4.45. The molecule has 1 aromatic rings. The lowest BCUT2D eigenvalue weighted by Crippen LogP contribution is -1.96. The first-order chi connectivity index (χ1) is 6.16. The Morgan fingerprint density at radius 2 is 2.15 bits per heavy atom. The fraction of sp³-hybridized carbons (Fsp3) is 0.455. The maximum absolute atomic E-state index is 4.45. The summed E-state index contributed by atoms with van der Waals surface area (Å²) in [5, 5.41) is 0. The Balaban J connectivity index is 2.38. The van der Waals surface area contributed by atoms with Gasteiger partial charge >= 0.3 is 0 Å². The molecule has 68 valence electrons. The standard InChI is InChI=1S/C11H14N2/c1-7(2)9-4-10-11(5-9)13-8(3)6-12-10/h5-7H,4H2,1-3H3. The second kappa shape index (κ2) is 2.95. The van der Waals surface area contributed by atoms with Gasteiger partial charge in [0, 0.05) is 12.6 Å². The summed E-state index contributed by atoms with van der Waals surface area (Å²) in [4.78, 5) is 8.82. The van der Waals surface area contributed by atoms with Crippen LogP contribution in [0.1, 0.15) is 30.9 Å². The molecule has 0 spiro atoms. The highest BCUT2D eigenvalue weighted by molar-refractivity contribution is 5.58. The zero-order chi connectivity index (χ0) is 9.42. The van der Waals surface area contributed by atoms with Gasteiger partial charge in [-0.2, -0.15) is 0 Å². The topological polar surface area (TPSA) is 25.8 Å². The van der Waals surface area contributed by atoms with E-state index in [0.29, 0.717) is 5.92 Å². The van der Waals surface area contributed by atoms with Crippen molar-refractivity contribution in [2.24, 2.45) is 5.92 Å². The molecular formula is C11H14N2. The minimum atomic E-state index is 0.608. The van der Waals surface area contributed by atoms with E-state index < -0.39 is 0 Å². The van der Waals surface area contributed by atoms with Crippen molar-refractivity contribution < 1.29 is 0 Å². The highest BCUT2D eigenvalue weighted by Gasteiger charge is 2.16. The third-order valence-corrected chi connectivity index (χ3v) is 2.43. The van der Waals surface area contributed by atoms with E-state index >= 15 is 0 Å². The van der Waals surface area contributed by atoms with E-state index in [9.17, 15) is 0 Å². The van der Waals surface area contributed by atoms with Crippen LogP contribution in [0.15, 0.2) is 11.8 Å². The van der Waals surface area contributed by atoms with Gasteiger partial charge in [-0.25, -0.2) is 0 Å². The van der Waals surface area contributed by atoms with Gasteiger partial charge in [-0.05, 0) is 18.9 Å². The molecule has 1 aliphatic carbocycles. The van der Waals surface area contributed by atoms with Crippen molar-refractivity contribution in [2.75, 3.05) is 0 Å². The molecule has 0 bridgehead atoms. The number of allylic oxidation sites excluding steroid dienone is 1. The SMILES string of the molecule is Cc1cnc2c(n1)C=C(C(C)C)C2. The Hall–Kier alpha value is -1.18. The predicted molar refractivity (Wildman–Crippen MR) is 53.3 cm³/mol. The van der Waals surface area contributed by atoms with Gasteiger partial charge in [-0.3, -0.25) is 9.97 Å². The van der Waals surface area contributed by atoms with Crippen molar-refractivity contribution in [3.8, 4) is 0 Å². The van der Waals surface area contributed by atoms with Crippen LogP contribution in [-0.4, -0.2) is 9.97 Å². The molecule has 0 N–H and O–H groups in total. The van der Waals surface area contributed by atoms with Crippen LogP contribution in [-0.2, 0) is 6.42 Å². The van der Waals surface area contributed by atoms with Gasteiger partial charge in [0.25, 0.3) is 0 Å². The van der Waals surface area contributed by atoms with E-state index in [-0.39, 0.29) is 0 Å². The number of aryl methyl sites for hydroxylation is 1. The second-order valence-electron chi connectivity index (χ2n) is 3.89. The fourth-order valence-corrected chi connectivity index (χ4v) is 1.56. The summed E-state index contributed by atoms with van der Waals surface area (Å²) in [5.74, 6) is 0.608. The van der Waals surface area contributed by atoms with Crippen LogP contribution in [0.3, 0.4) is 0 Å². The van der Waals surface area contributed by atoms with Gasteiger partial charge in [0.1, 0.15) is 0 Å². The van der Waals surface area contributed by atoms with E-state index in [1.165, 1.54) is 5.57 Å². The van der Waals surface area contributed by atoms with Crippen LogP contribution < -0.4 is 0 Å². The predicted octanol–water partition coefficient (Wildman–Crippen LogP) is 2.38. The summed E-state index contributed by atoms with van der Waals surface area (Å²) in [6.07, 6.45) is 5.01. The Kier molecular flexibility index (Phi) is 1.91. The normalized spacial score (nSPS) is 14.6. The Labute approximate surface area is 78.7 Å². The van der Waals surface area contributed by atoms with Gasteiger partial charge < -0.3 is 0 Å². The van der Waals surface area contributed by atoms with Gasteiger partial charge in [0.15, 0.2) is 0 Å². The van der Waals surface area contributed by atoms with E-state index in [1.54, 1.807) is 0 Å². The first kappa shape index (κ1) is 8.42. The number of hydrogen-bond acceptors (Lipinski definition) is 2. The first-order valence-corrected chi connectivity index (χ1v) is 4.70. The molecule has 1 aromatic heterocycles. The second-order valence-corrected chi connectivity index (χ2v) is 3.89. The number of fused-ring (bicyclic) bond motifs is 1. The molecule has 2 heteroatoms. The van der Waals surface area contributed by atoms with Crippen molar-refractivity contribution in [1.29, 1.82) is 0 Å². The van der Waals surface area contributed by atoms with Crippen LogP contribution in [0, 0.1) is 12.8 Å². The van der Waals surface area contributed by atoms with Gasteiger partial charge in [-0.15, -0.1) is 0 Å². The zero-order valence-electron chi connectivity index (χ0n) is 8.33. The fourth-order valence-electron chi connectivity index (χ4n) is 1.56. The number of hydrogen-bond donors (Lipinski definition) is 0. The average Bonchev–Trinajstić information content (AvgIpc) is 2.46. The van der Waals surface area contributed by atoms with Crippen molar-refractivity contribution in [3.05, 3.63) is 28.9 Å². The summed E-state index contributed by atoms with van der Waals surface area (Å²) in [6.45, 7) is 6.41. The van der Waals surface area contributed by atoms with Crippen LogP contribution >= 0.6 is 0 Å². The lowest BCUT2D eigenvalue weighted by molar-refractivity contribution is 0.749. The molecule has 0 atom stereocenters. The molecule has 0 fully saturated rings. The molecule has 0 aliphatic heterocycles. The van der Waals surface area contributed by atoms with E-state index in [0.717, 1.165) is 23.5 Å². The highest BCUT2D eigenvalue weighted by atomic mass is 14.8. The largest absolute Gasteiger partial charge is 0.257 e. The Morgan fingerprint density at radius 1 is 1.38 bits per heavy atom. The zero-order valence-corrected chi connectivity index (χ0v) is 8.33. The van der Waals surface area contributed by atoms with Crippen LogP contribution in [0.5, 0.6) is 0 Å². The minimum Gasteiger partial charge on any atom is -0.257 e. The molecule has 1 heterocycles. The molecule has 0 saturated heterocycles. The van der Waals surface area contributed by atoms with E-state index in [2.05, 4.69) is 29.9 Å². The Morgan fingerprint density at radius 3 is 2.85 bits per heavy atom. The van der Waals surface area contributed by atoms with Gasteiger partial charge in [-0.1, -0.05) is 19.4 Å². The lowest BCUT2D eigenvalue weighted by atomic mass is 10.0. The average molecular weight is 174 g/mol. The van der Waals surface area contributed by atoms with Crippen LogP contribution in [0.2, 0.25) is 0 Å². The summed E-state index contributed by atoms with van der Waals surface area (Å²) in [7, 11) is 0. The summed E-state index contributed by atoms with van der Waals surface area (Å²) in [6, 6.07) is 0. The van der Waals surface area contributed by atoms with Crippen molar-refractivity contribution in [1.82, 2.24) is 9.97 Å². The van der Waals surface area contributed by atoms with Crippen molar-refractivity contribution in [3.63, 3.8) is 0 Å². The summed E-state index contributed by atoms with van der Waals surface area (Å²) >= 11 is 0. The van der Waals surface area contributed by atoms with Crippen molar-refractivity contribution in [2.45, 2.75) is 27.2 Å². The molecule has 0 radical (unpaired) electrons. The molecule has 0 amide bonds. The quantitative estimate of drug-likeness (QED) is 0.653. The molecule has 0 unspecified atom stereocenters. The van der Waals surface area contributed by atoms with Gasteiger partial charge in [0.05, 0.1) is 17.1 Å². The third-order valence-electron chi connectivity index (χ3n) is 2.43. The molecule has 0 saturated carbocycles. The molecule has 2 rings (SSSR count).